The van der Waals surface area contributed by atoms with Crippen LogP contribution in [0.3, 0.4) is 0 Å². The van der Waals surface area contributed by atoms with Crippen LogP contribution in [-0.2, 0) is 16.0 Å². The number of halogens is 2. The summed E-state index contributed by atoms with van der Waals surface area (Å²) in [5.41, 5.74) is 1.51. The van der Waals surface area contributed by atoms with Gasteiger partial charge >= 0.3 is 5.97 Å². The zero-order chi connectivity index (χ0) is 15.7. The summed E-state index contributed by atoms with van der Waals surface area (Å²) in [7, 11) is 0. The van der Waals surface area contributed by atoms with Crippen LogP contribution in [0.15, 0.2) is 42.5 Å². The van der Waals surface area contributed by atoms with Crippen LogP contribution in [0.1, 0.15) is 15.9 Å². The van der Waals surface area contributed by atoms with Crippen molar-refractivity contribution in [2.45, 2.75) is 12.5 Å². The zero-order valence-electron chi connectivity index (χ0n) is 11.3. The molecular formula is C16H11ClFNO3. The van der Waals surface area contributed by atoms with E-state index >= 15 is 0 Å². The number of fused-ring (bicyclic) bond motifs is 1. The summed E-state index contributed by atoms with van der Waals surface area (Å²) in [6.07, 6.45) is -0.696. The highest BCUT2D eigenvalue weighted by molar-refractivity contribution is 6.30. The highest BCUT2D eigenvalue weighted by Gasteiger charge is 2.31. The van der Waals surface area contributed by atoms with Crippen molar-refractivity contribution < 1.29 is 18.7 Å². The van der Waals surface area contributed by atoms with Crippen molar-refractivity contribution >= 4 is 29.2 Å². The molecule has 0 saturated carbocycles. The minimum atomic E-state index is -0.941. The average Bonchev–Trinajstić information content (AvgIpc) is 2.49. The van der Waals surface area contributed by atoms with Crippen LogP contribution in [0.4, 0.5) is 10.1 Å². The molecule has 1 unspecified atom stereocenters. The van der Waals surface area contributed by atoms with Gasteiger partial charge in [-0.2, -0.15) is 0 Å². The summed E-state index contributed by atoms with van der Waals surface area (Å²) in [4.78, 5) is 24.1. The lowest BCUT2D eigenvalue weighted by Crippen LogP contribution is -2.38. The highest BCUT2D eigenvalue weighted by atomic mass is 35.5. The molecule has 0 radical (unpaired) electrons. The van der Waals surface area contributed by atoms with E-state index in [9.17, 15) is 14.0 Å². The average molecular weight is 320 g/mol. The first-order chi connectivity index (χ1) is 10.5. The molecule has 2 aromatic carbocycles. The van der Waals surface area contributed by atoms with E-state index in [0.29, 0.717) is 21.8 Å². The smallest absolute Gasteiger partial charge is 0.339 e. The Kier molecular flexibility index (Phi) is 3.81. The Hall–Kier alpha value is -2.40. The number of anilines is 1. The molecule has 3 rings (SSSR count). The molecule has 0 spiro atoms. The topological polar surface area (TPSA) is 55.4 Å². The molecule has 6 heteroatoms. The minimum Gasteiger partial charge on any atom is -0.448 e. The first kappa shape index (κ1) is 14.5. The van der Waals surface area contributed by atoms with Crippen LogP contribution in [0, 0.1) is 5.82 Å². The molecule has 1 heterocycles. The molecular weight excluding hydrogens is 309 g/mol. The van der Waals surface area contributed by atoms with E-state index in [1.807, 2.05) is 0 Å². The van der Waals surface area contributed by atoms with Crippen molar-refractivity contribution in [3.8, 4) is 0 Å². The molecule has 1 atom stereocenters. The molecule has 112 valence electrons. The summed E-state index contributed by atoms with van der Waals surface area (Å²) in [6.45, 7) is 0. The van der Waals surface area contributed by atoms with Crippen molar-refractivity contribution in [2.75, 3.05) is 5.32 Å². The second kappa shape index (κ2) is 5.77. The fraction of sp³-hybridized carbons (Fsp3) is 0.125. The van der Waals surface area contributed by atoms with Gasteiger partial charge in [0.15, 0.2) is 6.10 Å². The first-order valence-electron chi connectivity index (χ1n) is 6.59. The number of carbonyl (C=O) groups is 2. The van der Waals surface area contributed by atoms with E-state index in [1.165, 1.54) is 24.3 Å². The number of hydrogen-bond donors (Lipinski definition) is 1. The van der Waals surface area contributed by atoms with Crippen molar-refractivity contribution in [3.05, 3.63) is 64.4 Å². The number of hydrogen-bond acceptors (Lipinski definition) is 3. The van der Waals surface area contributed by atoms with Crippen molar-refractivity contribution in [3.63, 3.8) is 0 Å². The van der Waals surface area contributed by atoms with Gasteiger partial charge in [-0.3, -0.25) is 4.79 Å². The predicted molar refractivity (Wildman–Crippen MR) is 79.4 cm³/mol. The largest absolute Gasteiger partial charge is 0.448 e. The van der Waals surface area contributed by atoms with E-state index in [1.54, 1.807) is 18.2 Å². The number of nitrogens with one attached hydrogen (secondary N) is 1. The van der Waals surface area contributed by atoms with Gasteiger partial charge in [-0.1, -0.05) is 11.6 Å². The van der Waals surface area contributed by atoms with Crippen LogP contribution in [-0.4, -0.2) is 18.0 Å². The Morgan fingerprint density at radius 3 is 2.68 bits per heavy atom. The summed E-state index contributed by atoms with van der Waals surface area (Å²) in [6, 6.07) is 10.2. The number of rotatable bonds is 2. The van der Waals surface area contributed by atoms with Crippen molar-refractivity contribution in [1.29, 1.82) is 0 Å². The van der Waals surface area contributed by atoms with Gasteiger partial charge in [0.2, 0.25) is 0 Å². The summed E-state index contributed by atoms with van der Waals surface area (Å²) in [5, 5.41) is 3.08. The van der Waals surface area contributed by atoms with Crippen LogP contribution in [0.5, 0.6) is 0 Å². The molecule has 2 aromatic rings. The van der Waals surface area contributed by atoms with Gasteiger partial charge in [-0.15, -0.1) is 0 Å². The van der Waals surface area contributed by atoms with Gasteiger partial charge in [0, 0.05) is 17.1 Å². The van der Waals surface area contributed by atoms with Crippen LogP contribution in [0.2, 0.25) is 5.02 Å². The molecule has 0 fully saturated rings. The monoisotopic (exact) mass is 319 g/mol. The molecule has 1 amide bonds. The molecule has 0 aromatic heterocycles. The quantitative estimate of drug-likeness (QED) is 0.865. The predicted octanol–water partition coefficient (Wildman–Crippen LogP) is 3.20. The van der Waals surface area contributed by atoms with E-state index < -0.39 is 23.8 Å². The lowest BCUT2D eigenvalue weighted by atomic mass is 9.98. The lowest BCUT2D eigenvalue weighted by Gasteiger charge is -2.24. The third-order valence-corrected chi connectivity index (χ3v) is 3.58. The van der Waals surface area contributed by atoms with Gasteiger partial charge in [0.25, 0.3) is 5.91 Å². The number of amides is 1. The summed E-state index contributed by atoms with van der Waals surface area (Å²) < 4.78 is 18.0. The molecule has 1 N–H and O–H groups in total. The maximum absolute atomic E-state index is 12.8. The Morgan fingerprint density at radius 1 is 1.23 bits per heavy atom. The third-order valence-electron chi connectivity index (χ3n) is 3.35. The number of esters is 1. The zero-order valence-corrected chi connectivity index (χ0v) is 12.1. The van der Waals surface area contributed by atoms with Gasteiger partial charge in [-0.25, -0.2) is 9.18 Å². The van der Waals surface area contributed by atoms with Gasteiger partial charge in [0.05, 0.1) is 5.56 Å². The Bertz CT molecular complexity index is 746. The van der Waals surface area contributed by atoms with Gasteiger partial charge in [-0.05, 0) is 48.0 Å². The Labute approximate surface area is 130 Å². The Balaban J connectivity index is 1.77. The lowest BCUT2D eigenvalue weighted by molar-refractivity contribution is -0.125. The van der Waals surface area contributed by atoms with E-state index in [2.05, 4.69) is 5.32 Å². The SMILES string of the molecule is O=C1OC(C(=O)Nc2ccc(F)cc2)Cc2cc(Cl)ccc21. The molecule has 1 aliphatic heterocycles. The molecule has 1 aliphatic rings. The maximum atomic E-state index is 12.8. The molecule has 0 aliphatic carbocycles. The first-order valence-corrected chi connectivity index (χ1v) is 6.96. The summed E-state index contributed by atoms with van der Waals surface area (Å²) >= 11 is 5.91. The van der Waals surface area contributed by atoms with Crippen LogP contribution < -0.4 is 5.32 Å². The minimum absolute atomic E-state index is 0.245. The maximum Gasteiger partial charge on any atom is 0.339 e. The van der Waals surface area contributed by atoms with Crippen molar-refractivity contribution in [2.24, 2.45) is 0 Å². The van der Waals surface area contributed by atoms with E-state index in [0.717, 1.165) is 0 Å². The third kappa shape index (κ3) is 2.94. The number of benzene rings is 2. The number of carbonyl (C=O) groups excluding carboxylic acids is 2. The van der Waals surface area contributed by atoms with E-state index in [4.69, 9.17) is 16.3 Å². The molecule has 4 nitrogen and oxygen atoms in total. The molecule has 0 bridgehead atoms. The Morgan fingerprint density at radius 2 is 1.95 bits per heavy atom. The normalized spacial score (nSPS) is 16.6. The number of ether oxygens (including phenoxy) is 1. The van der Waals surface area contributed by atoms with Crippen LogP contribution in [0.25, 0.3) is 0 Å². The molecule has 22 heavy (non-hydrogen) atoms. The van der Waals surface area contributed by atoms with E-state index in [-0.39, 0.29) is 6.42 Å². The van der Waals surface area contributed by atoms with Gasteiger partial charge < -0.3 is 10.1 Å². The standard InChI is InChI=1S/C16H11ClFNO3/c17-10-1-6-13-9(7-10)8-14(22-16(13)21)15(20)19-12-4-2-11(18)3-5-12/h1-7,14H,8H2,(H,19,20). The number of cyclic esters (lactones) is 1. The second-order valence-electron chi connectivity index (χ2n) is 4.90. The van der Waals surface area contributed by atoms with Crippen LogP contribution >= 0.6 is 11.6 Å². The molecule has 0 saturated heterocycles. The second-order valence-corrected chi connectivity index (χ2v) is 5.33. The van der Waals surface area contributed by atoms with Gasteiger partial charge in [0.1, 0.15) is 5.82 Å². The van der Waals surface area contributed by atoms with Crippen molar-refractivity contribution in [1.82, 2.24) is 0 Å². The highest BCUT2D eigenvalue weighted by Crippen LogP contribution is 2.24. The fourth-order valence-electron chi connectivity index (χ4n) is 2.27. The fourth-order valence-corrected chi connectivity index (χ4v) is 2.46. The summed E-state index contributed by atoms with van der Waals surface area (Å²) in [5.74, 6) is -1.42.